The van der Waals surface area contributed by atoms with Gasteiger partial charge in [-0.3, -0.25) is 4.79 Å². The summed E-state index contributed by atoms with van der Waals surface area (Å²) in [7, 11) is 1.57. The van der Waals surface area contributed by atoms with Gasteiger partial charge in [-0.1, -0.05) is 40.3 Å². The second-order valence-corrected chi connectivity index (χ2v) is 5.60. The van der Waals surface area contributed by atoms with Gasteiger partial charge in [0, 0.05) is 18.5 Å². The third-order valence-corrected chi connectivity index (χ3v) is 4.60. The Morgan fingerprint density at radius 1 is 1.53 bits per heavy atom. The average molecular weight is 331 g/mol. The second kappa shape index (κ2) is 6.52. The molecule has 0 spiro atoms. The quantitative estimate of drug-likeness (QED) is 0.843. The topological polar surface area (TPSA) is 64.4 Å². The highest BCUT2D eigenvalue weighted by molar-refractivity contribution is 9.09. The number of nitrogens with zero attached hydrogens (tertiary/aromatic N) is 1. The first-order valence-corrected chi connectivity index (χ1v) is 7.64. The number of hydrogen-bond acceptors (Lipinski definition) is 4. The minimum absolute atomic E-state index is 0.143. The number of ether oxygens (including phenoxy) is 1. The molecular formula is C13H19BrN2O3. The fraction of sp³-hybridized carbons (Fsp3) is 0.692. The van der Waals surface area contributed by atoms with E-state index in [0.717, 1.165) is 31.0 Å². The van der Waals surface area contributed by atoms with Crippen molar-refractivity contribution in [3.8, 4) is 0 Å². The first kappa shape index (κ1) is 14.5. The molecule has 106 valence electrons. The minimum Gasteiger partial charge on any atom is -0.377 e. The second-order valence-electron chi connectivity index (χ2n) is 5.04. The highest BCUT2D eigenvalue weighted by atomic mass is 79.9. The van der Waals surface area contributed by atoms with E-state index >= 15 is 0 Å². The summed E-state index contributed by atoms with van der Waals surface area (Å²) in [5.41, 5.74) is 0.174. The van der Waals surface area contributed by atoms with Crippen LogP contribution in [0.25, 0.3) is 0 Å². The molecule has 0 saturated heterocycles. The van der Waals surface area contributed by atoms with Crippen LogP contribution in [0.5, 0.6) is 0 Å². The number of nitrogens with one attached hydrogen (secondary N) is 1. The lowest BCUT2D eigenvalue weighted by Crippen LogP contribution is -2.51. The molecule has 1 aliphatic carbocycles. The molecule has 0 aliphatic heterocycles. The standard InChI is InChI=1S/C13H19BrN2O3/c1-18-8-10-7-11(16-19-10)12(17)15-13(9-14)5-3-2-4-6-13/h7H,2-6,8-9H2,1H3,(H,15,17). The van der Waals surface area contributed by atoms with Crippen molar-refractivity contribution in [2.45, 2.75) is 44.2 Å². The molecule has 2 rings (SSSR count). The van der Waals surface area contributed by atoms with Crippen LogP contribution in [0.3, 0.4) is 0 Å². The molecule has 1 saturated carbocycles. The van der Waals surface area contributed by atoms with Gasteiger partial charge in [-0.25, -0.2) is 0 Å². The predicted molar refractivity (Wildman–Crippen MR) is 74.3 cm³/mol. The van der Waals surface area contributed by atoms with Crippen LogP contribution in [0.4, 0.5) is 0 Å². The SMILES string of the molecule is COCc1cc(C(=O)NC2(CBr)CCCCC2)no1. The average Bonchev–Trinajstić information content (AvgIpc) is 2.89. The Balaban J connectivity index is 2.02. The lowest BCUT2D eigenvalue weighted by molar-refractivity contribution is 0.0876. The molecule has 1 heterocycles. The number of hydrogen-bond donors (Lipinski definition) is 1. The summed E-state index contributed by atoms with van der Waals surface area (Å²) >= 11 is 3.52. The van der Waals surface area contributed by atoms with Crippen LogP contribution in [-0.2, 0) is 11.3 Å². The van der Waals surface area contributed by atoms with Crippen molar-refractivity contribution in [1.82, 2.24) is 10.5 Å². The molecule has 0 atom stereocenters. The summed E-state index contributed by atoms with van der Waals surface area (Å²) in [6.45, 7) is 0.323. The van der Waals surface area contributed by atoms with Crippen molar-refractivity contribution in [3.05, 3.63) is 17.5 Å². The lowest BCUT2D eigenvalue weighted by atomic mass is 9.83. The normalized spacial score (nSPS) is 18.2. The third-order valence-electron chi connectivity index (χ3n) is 3.52. The van der Waals surface area contributed by atoms with Gasteiger partial charge in [0.25, 0.3) is 5.91 Å². The van der Waals surface area contributed by atoms with E-state index in [4.69, 9.17) is 9.26 Å². The van der Waals surface area contributed by atoms with Crippen LogP contribution in [0, 0.1) is 0 Å². The molecule has 5 nitrogen and oxygen atoms in total. The van der Waals surface area contributed by atoms with Crippen LogP contribution in [0.15, 0.2) is 10.6 Å². The number of rotatable bonds is 5. The van der Waals surface area contributed by atoms with E-state index in [9.17, 15) is 4.79 Å². The fourth-order valence-electron chi connectivity index (χ4n) is 2.46. The van der Waals surface area contributed by atoms with E-state index in [1.54, 1.807) is 13.2 Å². The van der Waals surface area contributed by atoms with E-state index in [-0.39, 0.29) is 11.4 Å². The maximum atomic E-state index is 12.2. The van der Waals surface area contributed by atoms with Crippen LogP contribution < -0.4 is 5.32 Å². The predicted octanol–water partition coefficient (Wildman–Crippen LogP) is 2.65. The van der Waals surface area contributed by atoms with E-state index in [0.29, 0.717) is 18.1 Å². The Hall–Kier alpha value is -0.880. The Kier molecular flexibility index (Phi) is 4.99. The first-order chi connectivity index (χ1) is 9.19. The molecule has 19 heavy (non-hydrogen) atoms. The van der Waals surface area contributed by atoms with E-state index in [2.05, 4.69) is 26.4 Å². The van der Waals surface area contributed by atoms with Crippen molar-refractivity contribution >= 4 is 21.8 Å². The van der Waals surface area contributed by atoms with Crippen molar-refractivity contribution in [2.75, 3.05) is 12.4 Å². The summed E-state index contributed by atoms with van der Waals surface area (Å²) < 4.78 is 9.97. The molecule has 1 N–H and O–H groups in total. The first-order valence-electron chi connectivity index (χ1n) is 6.52. The van der Waals surface area contributed by atoms with Gasteiger partial charge in [-0.05, 0) is 12.8 Å². The number of halogens is 1. The van der Waals surface area contributed by atoms with Gasteiger partial charge >= 0.3 is 0 Å². The fourth-order valence-corrected chi connectivity index (χ4v) is 3.16. The maximum Gasteiger partial charge on any atom is 0.273 e. The van der Waals surface area contributed by atoms with Gasteiger partial charge < -0.3 is 14.6 Å². The van der Waals surface area contributed by atoms with Crippen LogP contribution in [0.1, 0.15) is 48.4 Å². The van der Waals surface area contributed by atoms with Gasteiger partial charge in [0.15, 0.2) is 11.5 Å². The zero-order valence-corrected chi connectivity index (χ0v) is 12.7. The van der Waals surface area contributed by atoms with Crippen molar-refractivity contribution in [3.63, 3.8) is 0 Å². The number of alkyl halides is 1. The zero-order valence-electron chi connectivity index (χ0n) is 11.1. The summed E-state index contributed by atoms with van der Waals surface area (Å²) in [4.78, 5) is 12.2. The number of aromatic nitrogens is 1. The third kappa shape index (κ3) is 3.57. The van der Waals surface area contributed by atoms with Crippen LogP contribution in [0.2, 0.25) is 0 Å². The molecule has 0 unspecified atom stereocenters. The van der Waals surface area contributed by atoms with E-state index in [1.807, 2.05) is 0 Å². The molecule has 0 bridgehead atoms. The number of amides is 1. The number of methoxy groups -OCH3 is 1. The summed E-state index contributed by atoms with van der Waals surface area (Å²) in [6, 6.07) is 1.63. The number of carbonyl (C=O) groups is 1. The Morgan fingerprint density at radius 2 is 2.26 bits per heavy atom. The molecule has 1 fully saturated rings. The zero-order chi connectivity index (χ0) is 13.7. The highest BCUT2D eigenvalue weighted by Gasteiger charge is 2.33. The Labute approximate surface area is 121 Å². The minimum atomic E-state index is -0.174. The van der Waals surface area contributed by atoms with Gasteiger partial charge in [-0.15, -0.1) is 0 Å². The van der Waals surface area contributed by atoms with Crippen molar-refractivity contribution < 1.29 is 14.1 Å². The Bertz CT molecular complexity index is 427. The largest absolute Gasteiger partial charge is 0.377 e. The molecule has 1 aromatic heterocycles. The highest BCUT2D eigenvalue weighted by Crippen LogP contribution is 2.30. The molecule has 1 aliphatic rings. The molecule has 1 amide bonds. The monoisotopic (exact) mass is 330 g/mol. The van der Waals surface area contributed by atoms with Gasteiger partial charge in [-0.2, -0.15) is 0 Å². The lowest BCUT2D eigenvalue weighted by Gasteiger charge is -2.36. The van der Waals surface area contributed by atoms with Crippen molar-refractivity contribution in [1.29, 1.82) is 0 Å². The molecule has 6 heteroatoms. The van der Waals surface area contributed by atoms with E-state index < -0.39 is 0 Å². The Morgan fingerprint density at radius 3 is 2.89 bits per heavy atom. The molecule has 1 aromatic rings. The summed E-state index contributed by atoms with van der Waals surface area (Å²) in [6.07, 6.45) is 5.56. The van der Waals surface area contributed by atoms with Crippen LogP contribution >= 0.6 is 15.9 Å². The van der Waals surface area contributed by atoms with Gasteiger partial charge in [0.2, 0.25) is 0 Å². The summed E-state index contributed by atoms with van der Waals surface area (Å²) in [5.74, 6) is 0.386. The van der Waals surface area contributed by atoms with E-state index in [1.165, 1.54) is 6.42 Å². The number of carbonyl (C=O) groups excluding carboxylic acids is 1. The smallest absolute Gasteiger partial charge is 0.273 e. The van der Waals surface area contributed by atoms with Gasteiger partial charge in [0.1, 0.15) is 6.61 Å². The molecular weight excluding hydrogens is 312 g/mol. The van der Waals surface area contributed by atoms with Gasteiger partial charge in [0.05, 0.1) is 5.54 Å². The van der Waals surface area contributed by atoms with Crippen LogP contribution in [-0.4, -0.2) is 29.0 Å². The molecule has 0 radical (unpaired) electrons. The molecule has 0 aromatic carbocycles. The maximum absolute atomic E-state index is 12.2. The van der Waals surface area contributed by atoms with Crippen molar-refractivity contribution in [2.24, 2.45) is 0 Å². The summed E-state index contributed by atoms with van der Waals surface area (Å²) in [5, 5.41) is 7.66.